The molecule has 12 heteroatoms. The number of piperazine rings is 1. The molecule has 1 fully saturated rings. The summed E-state index contributed by atoms with van der Waals surface area (Å²) >= 11 is 1.42. The van der Waals surface area contributed by atoms with E-state index in [0.717, 1.165) is 10.3 Å². The van der Waals surface area contributed by atoms with Gasteiger partial charge in [0.25, 0.3) is 0 Å². The average Bonchev–Trinajstić information content (AvgIpc) is 3.22. The van der Waals surface area contributed by atoms with Crippen molar-refractivity contribution in [1.82, 2.24) is 20.0 Å². The minimum absolute atomic E-state index is 0.222. The lowest BCUT2D eigenvalue weighted by Gasteiger charge is -2.33. The Bertz CT molecular complexity index is 1080. The number of hydrogen-bond donors (Lipinski definition) is 2. The quantitative estimate of drug-likeness (QED) is 0.635. The van der Waals surface area contributed by atoms with Crippen molar-refractivity contribution in [2.24, 2.45) is 0 Å². The summed E-state index contributed by atoms with van der Waals surface area (Å²) < 4.78 is 11.0. The van der Waals surface area contributed by atoms with Crippen LogP contribution in [0.5, 0.6) is 11.5 Å². The van der Waals surface area contributed by atoms with Crippen LogP contribution in [0.1, 0.15) is 0 Å². The van der Waals surface area contributed by atoms with Gasteiger partial charge in [0, 0.05) is 24.8 Å². The number of ether oxygens (including phenoxy) is 2. The number of carbonyl (C=O) groups excluding carboxylic acids is 1. The second-order valence-electron chi connectivity index (χ2n) is 6.69. The first kappa shape index (κ1) is 18.6. The van der Waals surface area contributed by atoms with Crippen LogP contribution in [0.2, 0.25) is 0 Å². The third kappa shape index (κ3) is 3.74. The predicted octanol–water partition coefficient (Wildman–Crippen LogP) is 1.73. The van der Waals surface area contributed by atoms with E-state index < -0.39 is 6.09 Å². The molecule has 11 nitrogen and oxygen atoms in total. The van der Waals surface area contributed by atoms with Crippen LogP contribution in [0.25, 0.3) is 10.3 Å². The second kappa shape index (κ2) is 7.80. The third-order valence-electron chi connectivity index (χ3n) is 4.74. The Morgan fingerprint density at radius 2 is 1.93 bits per heavy atom. The Morgan fingerprint density at radius 1 is 1.13 bits per heavy atom. The van der Waals surface area contributed by atoms with E-state index in [1.54, 1.807) is 28.8 Å². The molecular weight excluding hydrogens is 410 g/mol. The van der Waals surface area contributed by atoms with Crippen LogP contribution in [-0.4, -0.2) is 65.5 Å². The first-order valence-corrected chi connectivity index (χ1v) is 10.3. The number of hydroxylamine groups is 2. The van der Waals surface area contributed by atoms with Crippen molar-refractivity contribution < 1.29 is 19.1 Å². The number of carbonyl (C=O) groups is 1. The van der Waals surface area contributed by atoms with Crippen molar-refractivity contribution in [3.05, 3.63) is 23.7 Å². The maximum Gasteiger partial charge on any atom is 0.430 e. The topological polar surface area (TPSA) is 128 Å². The fourth-order valence-electron chi connectivity index (χ4n) is 3.35. The highest BCUT2D eigenvalue weighted by molar-refractivity contribution is 7.16. The SMILES string of the molecule is Nc1nc(N2CCN(OC(=O)Nc3ccc4c(c3)OCCO4)CC2)c2ncsc2n1. The lowest BCUT2D eigenvalue weighted by Crippen LogP contribution is -2.47. The van der Waals surface area contributed by atoms with Gasteiger partial charge in [-0.15, -0.1) is 16.4 Å². The van der Waals surface area contributed by atoms with Crippen LogP contribution in [0.15, 0.2) is 23.7 Å². The van der Waals surface area contributed by atoms with Gasteiger partial charge in [-0.25, -0.2) is 14.8 Å². The molecule has 156 valence electrons. The zero-order valence-electron chi connectivity index (χ0n) is 15.9. The number of fused-ring (bicyclic) bond motifs is 2. The molecule has 3 aromatic rings. The van der Waals surface area contributed by atoms with Crippen LogP contribution in [0.4, 0.5) is 22.2 Å². The van der Waals surface area contributed by atoms with Gasteiger partial charge in [0.2, 0.25) is 5.95 Å². The van der Waals surface area contributed by atoms with Crippen molar-refractivity contribution in [1.29, 1.82) is 0 Å². The summed E-state index contributed by atoms with van der Waals surface area (Å²) in [5.74, 6) is 2.19. The molecular formula is C18H19N7O4S. The van der Waals surface area contributed by atoms with Gasteiger partial charge in [-0.2, -0.15) is 4.98 Å². The van der Waals surface area contributed by atoms with E-state index in [1.165, 1.54) is 11.3 Å². The number of nitrogens with zero attached hydrogens (tertiary/aromatic N) is 5. The molecule has 0 unspecified atom stereocenters. The fourth-order valence-corrected chi connectivity index (χ4v) is 4.01. The van der Waals surface area contributed by atoms with Gasteiger partial charge in [0.05, 0.1) is 18.6 Å². The first-order valence-electron chi connectivity index (χ1n) is 9.41. The molecule has 5 rings (SSSR count). The van der Waals surface area contributed by atoms with Crippen molar-refractivity contribution in [3.63, 3.8) is 0 Å². The Morgan fingerprint density at radius 3 is 2.77 bits per heavy atom. The molecule has 30 heavy (non-hydrogen) atoms. The molecule has 0 saturated carbocycles. The molecule has 2 aliphatic rings. The van der Waals surface area contributed by atoms with E-state index in [4.69, 9.17) is 20.0 Å². The minimum atomic E-state index is -0.562. The van der Waals surface area contributed by atoms with Crippen LogP contribution in [0, 0.1) is 0 Å². The highest BCUT2D eigenvalue weighted by atomic mass is 32.1. The van der Waals surface area contributed by atoms with Gasteiger partial charge in [-0.1, -0.05) is 0 Å². The van der Waals surface area contributed by atoms with Crippen molar-refractivity contribution in [3.8, 4) is 11.5 Å². The van der Waals surface area contributed by atoms with Crippen molar-refractivity contribution >= 4 is 45.2 Å². The lowest BCUT2D eigenvalue weighted by atomic mass is 10.2. The summed E-state index contributed by atoms with van der Waals surface area (Å²) in [6.07, 6.45) is -0.562. The zero-order chi connectivity index (χ0) is 20.5. The normalized spacial score (nSPS) is 16.5. The third-order valence-corrected chi connectivity index (χ3v) is 5.45. The van der Waals surface area contributed by atoms with Gasteiger partial charge in [0.15, 0.2) is 22.1 Å². The smallest absolute Gasteiger partial charge is 0.430 e. The number of benzene rings is 1. The number of hydrogen-bond acceptors (Lipinski definition) is 11. The Hall–Kier alpha value is -3.38. The number of nitrogens with two attached hydrogens (primary N) is 1. The molecule has 1 amide bonds. The van der Waals surface area contributed by atoms with E-state index in [0.29, 0.717) is 62.4 Å². The molecule has 1 aromatic carbocycles. The second-order valence-corrected chi connectivity index (χ2v) is 7.52. The molecule has 0 bridgehead atoms. The molecule has 1 saturated heterocycles. The summed E-state index contributed by atoms with van der Waals surface area (Å²) in [6.45, 7) is 3.26. The number of nitrogen functional groups attached to an aromatic ring is 1. The number of rotatable bonds is 3. The number of aromatic nitrogens is 3. The van der Waals surface area contributed by atoms with E-state index >= 15 is 0 Å². The fraction of sp³-hybridized carbons (Fsp3) is 0.333. The molecule has 4 heterocycles. The Balaban J connectivity index is 1.18. The summed E-state index contributed by atoms with van der Waals surface area (Å²) in [4.78, 5) is 33.4. The van der Waals surface area contributed by atoms with Crippen molar-refractivity contribution in [2.45, 2.75) is 0 Å². The van der Waals surface area contributed by atoms with E-state index in [1.807, 2.05) is 0 Å². The number of amides is 1. The summed E-state index contributed by atoms with van der Waals surface area (Å²) in [5, 5.41) is 4.33. The predicted molar refractivity (Wildman–Crippen MR) is 111 cm³/mol. The number of thiazole rings is 1. The van der Waals surface area contributed by atoms with Gasteiger partial charge >= 0.3 is 6.09 Å². The molecule has 0 spiro atoms. The largest absolute Gasteiger partial charge is 0.486 e. The van der Waals surface area contributed by atoms with E-state index in [9.17, 15) is 4.79 Å². The number of nitrogens with one attached hydrogen (secondary N) is 1. The summed E-state index contributed by atoms with van der Waals surface area (Å²) in [6, 6.07) is 5.22. The van der Waals surface area contributed by atoms with Crippen LogP contribution >= 0.6 is 11.3 Å². The van der Waals surface area contributed by atoms with Gasteiger partial charge in [-0.05, 0) is 12.1 Å². The van der Waals surface area contributed by atoms with Crippen LogP contribution in [0.3, 0.4) is 0 Å². The standard InChI is InChI=1S/C18H19N7O4S/c19-17-22-15(14-16(23-17)30-10-20-14)24-3-5-25(6-4-24)29-18(26)21-11-1-2-12-13(9-11)28-8-7-27-12/h1-2,9-10H,3-8H2,(H,21,26)(H2,19,22,23). The molecule has 3 N–H and O–H groups in total. The monoisotopic (exact) mass is 429 g/mol. The molecule has 2 aliphatic heterocycles. The molecule has 0 aliphatic carbocycles. The van der Waals surface area contributed by atoms with Crippen LogP contribution in [-0.2, 0) is 4.84 Å². The Labute approximate surface area is 175 Å². The summed E-state index contributed by atoms with van der Waals surface area (Å²) in [7, 11) is 0. The van der Waals surface area contributed by atoms with E-state index in [-0.39, 0.29) is 5.95 Å². The number of anilines is 3. The van der Waals surface area contributed by atoms with Crippen molar-refractivity contribution in [2.75, 3.05) is 55.3 Å². The van der Waals surface area contributed by atoms with Gasteiger partial charge in [-0.3, -0.25) is 5.32 Å². The minimum Gasteiger partial charge on any atom is -0.486 e. The maximum absolute atomic E-state index is 12.3. The first-order chi connectivity index (χ1) is 14.7. The Kier molecular flexibility index (Phi) is 4.85. The molecule has 0 atom stereocenters. The van der Waals surface area contributed by atoms with Gasteiger partial charge in [0.1, 0.15) is 18.7 Å². The average molecular weight is 429 g/mol. The lowest BCUT2D eigenvalue weighted by molar-refractivity contribution is -0.0966. The maximum atomic E-state index is 12.3. The van der Waals surface area contributed by atoms with Crippen LogP contribution < -0.4 is 25.4 Å². The summed E-state index contributed by atoms with van der Waals surface area (Å²) in [5.41, 5.74) is 8.86. The molecule has 2 aromatic heterocycles. The zero-order valence-corrected chi connectivity index (χ0v) is 16.7. The van der Waals surface area contributed by atoms with E-state index in [2.05, 4.69) is 25.2 Å². The molecule has 0 radical (unpaired) electrons. The highest BCUT2D eigenvalue weighted by Gasteiger charge is 2.24. The highest BCUT2D eigenvalue weighted by Crippen LogP contribution is 2.32. The van der Waals surface area contributed by atoms with Gasteiger partial charge < -0.3 is 24.9 Å².